The van der Waals surface area contributed by atoms with Gasteiger partial charge in [-0.25, -0.2) is 16.8 Å². The van der Waals surface area contributed by atoms with Crippen LogP contribution in [0.2, 0.25) is 0 Å². The fourth-order valence-electron chi connectivity index (χ4n) is 5.52. The minimum absolute atomic E-state index is 0.00874. The Bertz CT molecular complexity index is 1650. The van der Waals surface area contributed by atoms with Gasteiger partial charge in [0, 0.05) is 25.7 Å². The molecule has 2 fully saturated rings. The van der Waals surface area contributed by atoms with Crippen molar-refractivity contribution >= 4 is 36.5 Å². The predicted octanol–water partition coefficient (Wildman–Crippen LogP) is 1.44. The molecular formula is C29H35N3O8S2. The molecule has 0 aromatic heterocycles. The number of fused-ring (bicyclic) bond motifs is 1. The quantitative estimate of drug-likeness (QED) is 0.289. The second kappa shape index (κ2) is 12.3. The van der Waals surface area contributed by atoms with E-state index in [0.717, 1.165) is 10.8 Å². The lowest BCUT2D eigenvalue weighted by Crippen LogP contribution is -2.47. The summed E-state index contributed by atoms with van der Waals surface area (Å²) >= 11 is 0. The summed E-state index contributed by atoms with van der Waals surface area (Å²) in [5.41, 5.74) is 4.61. The zero-order valence-electron chi connectivity index (χ0n) is 23.0. The van der Waals surface area contributed by atoms with Crippen molar-refractivity contribution in [1.29, 1.82) is 0 Å². The van der Waals surface area contributed by atoms with Gasteiger partial charge < -0.3 is 25.6 Å². The molecule has 0 radical (unpaired) electrons. The van der Waals surface area contributed by atoms with Crippen LogP contribution in [-0.4, -0.2) is 88.5 Å². The van der Waals surface area contributed by atoms with Crippen molar-refractivity contribution in [3.63, 3.8) is 0 Å². The zero-order chi connectivity index (χ0) is 30.0. The standard InChI is InChI=1S/C29H35N3O8S2/c30-28(34)20-41(35,36)26-7-3-6-25(15-26)39-19-24(33)17-31-23-16-29(40-18-23)10-12-32(13-11-29)42(37,38)27-9-8-21-4-1-2-5-22(21)14-27/h1-9,14-15,23-24,31,33H,10-13,16-20H2,(H2,30,34)/t23?,24-/m0/s1. The van der Waals surface area contributed by atoms with Crippen LogP contribution < -0.4 is 15.8 Å². The van der Waals surface area contributed by atoms with Crippen molar-refractivity contribution < 1.29 is 36.2 Å². The Morgan fingerprint density at radius 2 is 1.76 bits per heavy atom. The molecule has 1 amide bonds. The number of hydrogen-bond donors (Lipinski definition) is 3. The molecular weight excluding hydrogens is 582 g/mol. The average Bonchev–Trinajstić information content (AvgIpc) is 3.36. The van der Waals surface area contributed by atoms with Crippen LogP contribution in [0, 0.1) is 0 Å². The number of nitrogens with two attached hydrogens (primary N) is 1. The van der Waals surface area contributed by atoms with Gasteiger partial charge in [0.2, 0.25) is 15.9 Å². The van der Waals surface area contributed by atoms with E-state index < -0.39 is 43.2 Å². The Kier molecular flexibility index (Phi) is 8.88. The first-order chi connectivity index (χ1) is 20.0. The molecule has 2 aliphatic rings. The molecule has 2 atom stereocenters. The van der Waals surface area contributed by atoms with Crippen molar-refractivity contribution in [3.8, 4) is 5.75 Å². The van der Waals surface area contributed by atoms with Crippen LogP contribution in [0.3, 0.4) is 0 Å². The second-order valence-electron chi connectivity index (χ2n) is 10.9. The Hall–Kier alpha value is -3.07. The summed E-state index contributed by atoms with van der Waals surface area (Å²) in [6, 6.07) is 18.6. The lowest BCUT2D eigenvalue weighted by Gasteiger charge is -2.38. The van der Waals surface area contributed by atoms with Gasteiger partial charge in [0.1, 0.15) is 24.2 Å². The topological polar surface area (TPSA) is 165 Å². The number of sulfonamides is 1. The number of hydrogen-bond acceptors (Lipinski definition) is 9. The van der Waals surface area contributed by atoms with Gasteiger partial charge in [-0.15, -0.1) is 0 Å². The van der Waals surface area contributed by atoms with E-state index in [9.17, 15) is 26.7 Å². The van der Waals surface area contributed by atoms with Crippen LogP contribution >= 0.6 is 0 Å². The second-order valence-corrected chi connectivity index (χ2v) is 14.8. The van der Waals surface area contributed by atoms with Gasteiger partial charge in [-0.1, -0.05) is 36.4 Å². The summed E-state index contributed by atoms with van der Waals surface area (Å²) in [5.74, 6) is -1.50. The van der Waals surface area contributed by atoms with Crippen LogP contribution in [0.25, 0.3) is 10.8 Å². The molecule has 2 aliphatic heterocycles. The maximum Gasteiger partial charge on any atom is 0.243 e. The van der Waals surface area contributed by atoms with Gasteiger partial charge >= 0.3 is 0 Å². The number of sulfone groups is 1. The van der Waals surface area contributed by atoms with Crippen LogP contribution in [0.15, 0.2) is 76.5 Å². The van der Waals surface area contributed by atoms with Gasteiger partial charge in [0.25, 0.3) is 0 Å². The van der Waals surface area contributed by atoms with E-state index in [4.69, 9.17) is 15.2 Å². The molecule has 3 aromatic carbocycles. The number of piperidine rings is 1. The molecule has 5 rings (SSSR count). The monoisotopic (exact) mass is 617 g/mol. The Morgan fingerprint density at radius 3 is 2.50 bits per heavy atom. The van der Waals surface area contributed by atoms with Crippen molar-refractivity contribution in [2.45, 2.75) is 46.8 Å². The lowest BCUT2D eigenvalue weighted by atomic mass is 9.88. The highest BCUT2D eigenvalue weighted by molar-refractivity contribution is 7.92. The third-order valence-electron chi connectivity index (χ3n) is 7.78. The van der Waals surface area contributed by atoms with E-state index in [1.807, 2.05) is 30.3 Å². The molecule has 0 aliphatic carbocycles. The number of benzene rings is 3. The maximum absolute atomic E-state index is 13.3. The van der Waals surface area contributed by atoms with Crippen LogP contribution in [0.4, 0.5) is 0 Å². The summed E-state index contributed by atoms with van der Waals surface area (Å²) in [5, 5.41) is 15.6. The SMILES string of the molecule is NC(=O)CS(=O)(=O)c1cccc(OC[C@@H](O)CNC2COC3(CCN(S(=O)(=O)c4ccc5ccccc5c4)CC3)C2)c1. The summed E-state index contributed by atoms with van der Waals surface area (Å²) < 4.78 is 64.4. The van der Waals surface area contributed by atoms with Gasteiger partial charge in [0.05, 0.1) is 22.0 Å². The van der Waals surface area contributed by atoms with E-state index in [0.29, 0.717) is 43.9 Å². The maximum atomic E-state index is 13.3. The molecule has 13 heteroatoms. The number of rotatable bonds is 11. The summed E-state index contributed by atoms with van der Waals surface area (Å²) in [4.78, 5) is 11.3. The molecule has 3 aromatic rings. The molecule has 4 N–H and O–H groups in total. The summed E-state index contributed by atoms with van der Waals surface area (Å²) in [6.45, 7) is 1.34. The number of amides is 1. The van der Waals surface area contributed by atoms with Gasteiger partial charge in [-0.3, -0.25) is 4.79 Å². The number of nitrogens with zero attached hydrogens (tertiary/aromatic N) is 1. The molecule has 42 heavy (non-hydrogen) atoms. The number of ether oxygens (including phenoxy) is 2. The highest BCUT2D eigenvalue weighted by atomic mass is 32.2. The van der Waals surface area contributed by atoms with E-state index in [1.54, 1.807) is 18.2 Å². The average molecular weight is 618 g/mol. The lowest BCUT2D eigenvalue weighted by molar-refractivity contribution is -0.115. The van der Waals surface area contributed by atoms with Crippen molar-refractivity contribution in [3.05, 3.63) is 66.7 Å². The predicted molar refractivity (Wildman–Crippen MR) is 156 cm³/mol. The molecule has 2 saturated heterocycles. The number of carbonyl (C=O) groups excluding carboxylic acids is 1. The fraction of sp³-hybridized carbons (Fsp3) is 0.414. The number of aliphatic hydroxyl groups excluding tert-OH is 1. The molecule has 0 saturated carbocycles. The van der Waals surface area contributed by atoms with E-state index in [1.165, 1.54) is 22.5 Å². The third-order valence-corrected chi connectivity index (χ3v) is 11.3. The van der Waals surface area contributed by atoms with Gasteiger partial charge in [-0.2, -0.15) is 4.31 Å². The summed E-state index contributed by atoms with van der Waals surface area (Å²) in [7, 11) is -7.49. The van der Waals surface area contributed by atoms with Crippen molar-refractivity contribution in [2.75, 3.05) is 38.6 Å². The molecule has 2 heterocycles. The van der Waals surface area contributed by atoms with Gasteiger partial charge in [0.15, 0.2) is 9.84 Å². The molecule has 11 nitrogen and oxygen atoms in total. The first-order valence-electron chi connectivity index (χ1n) is 13.7. The fourth-order valence-corrected chi connectivity index (χ4v) is 8.12. The molecule has 226 valence electrons. The van der Waals surface area contributed by atoms with Crippen molar-refractivity contribution in [1.82, 2.24) is 9.62 Å². The molecule has 1 unspecified atom stereocenters. The van der Waals surface area contributed by atoms with Crippen molar-refractivity contribution in [2.24, 2.45) is 5.73 Å². The Labute approximate surface area is 245 Å². The summed E-state index contributed by atoms with van der Waals surface area (Å²) in [6.07, 6.45) is 0.989. The number of primary amides is 1. The van der Waals surface area contributed by atoms with Gasteiger partial charge in [-0.05, 0) is 60.4 Å². The molecule has 0 bridgehead atoms. The van der Waals surface area contributed by atoms with Crippen LogP contribution in [0.5, 0.6) is 5.75 Å². The Balaban J connectivity index is 1.08. The molecule has 1 spiro atoms. The Morgan fingerprint density at radius 1 is 1.02 bits per heavy atom. The zero-order valence-corrected chi connectivity index (χ0v) is 24.6. The van der Waals surface area contributed by atoms with E-state index in [2.05, 4.69) is 5.32 Å². The van der Waals surface area contributed by atoms with Crippen LogP contribution in [-0.2, 0) is 29.4 Å². The highest BCUT2D eigenvalue weighted by Gasteiger charge is 2.44. The number of carbonyl (C=O) groups is 1. The smallest absolute Gasteiger partial charge is 0.243 e. The first kappa shape index (κ1) is 30.4. The minimum Gasteiger partial charge on any atom is -0.491 e. The highest BCUT2D eigenvalue weighted by Crippen LogP contribution is 2.37. The first-order valence-corrected chi connectivity index (χ1v) is 16.8. The van der Waals surface area contributed by atoms with Crippen LogP contribution in [0.1, 0.15) is 19.3 Å². The van der Waals surface area contributed by atoms with E-state index in [-0.39, 0.29) is 29.8 Å². The number of nitrogens with one attached hydrogen (secondary N) is 1. The normalized spacial score (nSPS) is 20.1. The largest absolute Gasteiger partial charge is 0.491 e. The number of aliphatic hydroxyl groups is 1. The minimum atomic E-state index is -3.87. The van der Waals surface area contributed by atoms with E-state index >= 15 is 0 Å². The third kappa shape index (κ3) is 6.93.